The van der Waals surface area contributed by atoms with Crippen molar-refractivity contribution in [1.82, 2.24) is 10.2 Å². The highest BCUT2D eigenvalue weighted by Gasteiger charge is 2.16. The van der Waals surface area contributed by atoms with Gasteiger partial charge < -0.3 is 10.2 Å². The first-order chi connectivity index (χ1) is 15.2. The maximum Gasteiger partial charge on any atom is 0.261 e. The summed E-state index contributed by atoms with van der Waals surface area (Å²) in [6.45, 7) is 5.08. The van der Waals surface area contributed by atoms with Crippen LogP contribution in [-0.2, 0) is 23.1 Å². The minimum absolute atomic E-state index is 0.101. The number of benzene rings is 3. The van der Waals surface area contributed by atoms with Crippen molar-refractivity contribution in [2.45, 2.75) is 31.8 Å². The molecular formula is C25H29N3O3S. The number of hydrogen-bond donors (Lipinski definition) is 2. The summed E-state index contributed by atoms with van der Waals surface area (Å²) in [6.07, 6.45) is 0. The average molecular weight is 452 g/mol. The fraction of sp³-hybridized carbons (Fsp3) is 0.240. The third kappa shape index (κ3) is 5.96. The molecule has 3 aromatic rings. The number of aryl methyl sites for hydroxylation is 2. The van der Waals surface area contributed by atoms with Crippen LogP contribution in [0.3, 0.4) is 0 Å². The molecule has 7 heteroatoms. The highest BCUT2D eigenvalue weighted by Crippen LogP contribution is 2.19. The molecule has 0 aromatic heterocycles. The number of rotatable bonds is 8. The number of anilines is 1. The molecule has 0 saturated carbocycles. The molecule has 0 aliphatic heterocycles. The average Bonchev–Trinajstić information content (AvgIpc) is 2.75. The number of nitrogens with zero attached hydrogens (tertiary/aromatic N) is 1. The van der Waals surface area contributed by atoms with Gasteiger partial charge in [0.1, 0.15) is 0 Å². The summed E-state index contributed by atoms with van der Waals surface area (Å²) in [7, 11) is 0.255. The molecule has 1 amide bonds. The second kappa shape index (κ2) is 9.97. The highest BCUT2D eigenvalue weighted by atomic mass is 32.2. The molecule has 0 heterocycles. The molecule has 32 heavy (non-hydrogen) atoms. The van der Waals surface area contributed by atoms with Crippen LogP contribution in [0.4, 0.5) is 5.69 Å². The molecule has 0 saturated heterocycles. The number of amides is 1. The number of hydrogen-bond acceptors (Lipinski definition) is 4. The van der Waals surface area contributed by atoms with Gasteiger partial charge in [-0.2, -0.15) is 0 Å². The van der Waals surface area contributed by atoms with Gasteiger partial charge in [-0.1, -0.05) is 30.3 Å². The molecule has 0 bridgehead atoms. The predicted molar refractivity (Wildman–Crippen MR) is 128 cm³/mol. The Kier molecular flexibility index (Phi) is 7.33. The first-order valence-electron chi connectivity index (χ1n) is 10.4. The predicted octanol–water partition coefficient (Wildman–Crippen LogP) is 4.10. The van der Waals surface area contributed by atoms with Gasteiger partial charge in [0, 0.05) is 24.3 Å². The summed E-state index contributed by atoms with van der Waals surface area (Å²) in [5.74, 6) is -0.254. The topological polar surface area (TPSA) is 78.5 Å². The zero-order valence-electron chi connectivity index (χ0n) is 18.8. The van der Waals surface area contributed by atoms with E-state index in [2.05, 4.69) is 14.9 Å². The summed E-state index contributed by atoms with van der Waals surface area (Å²) in [4.78, 5) is 14.8. The van der Waals surface area contributed by atoms with E-state index in [9.17, 15) is 13.2 Å². The van der Waals surface area contributed by atoms with Crippen LogP contribution in [0.15, 0.2) is 71.6 Å². The highest BCUT2D eigenvalue weighted by molar-refractivity contribution is 7.92. The van der Waals surface area contributed by atoms with Gasteiger partial charge in [-0.05, 0) is 86.6 Å². The van der Waals surface area contributed by atoms with Gasteiger partial charge in [-0.25, -0.2) is 8.42 Å². The maximum absolute atomic E-state index is 12.7. The number of nitrogens with one attached hydrogen (secondary N) is 2. The first kappa shape index (κ1) is 23.5. The normalized spacial score (nSPS) is 11.4. The second-order valence-corrected chi connectivity index (χ2v) is 9.80. The molecule has 3 aromatic carbocycles. The van der Waals surface area contributed by atoms with Crippen molar-refractivity contribution in [3.63, 3.8) is 0 Å². The van der Waals surface area contributed by atoms with Gasteiger partial charge in [0.25, 0.3) is 15.9 Å². The summed E-state index contributed by atoms with van der Waals surface area (Å²) in [6, 6.07) is 19.3. The van der Waals surface area contributed by atoms with E-state index in [1.54, 1.807) is 12.1 Å². The third-order valence-electron chi connectivity index (χ3n) is 5.23. The Balaban J connectivity index is 1.67. The Morgan fingerprint density at radius 3 is 2.16 bits per heavy atom. The van der Waals surface area contributed by atoms with Gasteiger partial charge in [0.05, 0.1) is 4.90 Å². The van der Waals surface area contributed by atoms with Crippen LogP contribution >= 0.6 is 0 Å². The van der Waals surface area contributed by atoms with Gasteiger partial charge >= 0.3 is 0 Å². The Labute approximate surface area is 190 Å². The lowest BCUT2D eigenvalue weighted by Gasteiger charge is -2.15. The Hall–Kier alpha value is -3.16. The lowest BCUT2D eigenvalue weighted by Crippen LogP contribution is -2.24. The molecule has 2 N–H and O–H groups in total. The fourth-order valence-electron chi connectivity index (χ4n) is 3.31. The number of carbonyl (C=O) groups is 1. The van der Waals surface area contributed by atoms with E-state index in [0.717, 1.165) is 28.8 Å². The first-order valence-corrected chi connectivity index (χ1v) is 11.8. The van der Waals surface area contributed by atoms with Crippen LogP contribution in [-0.4, -0.2) is 33.3 Å². The molecular weight excluding hydrogens is 422 g/mol. The maximum atomic E-state index is 12.7. The van der Waals surface area contributed by atoms with Crippen molar-refractivity contribution >= 4 is 21.6 Å². The Bertz CT molecular complexity index is 1200. The molecule has 0 radical (unpaired) electrons. The van der Waals surface area contributed by atoms with Gasteiger partial charge in [0.2, 0.25) is 0 Å². The molecule has 6 nitrogen and oxygen atoms in total. The minimum Gasteiger partial charge on any atom is -0.348 e. The lowest BCUT2D eigenvalue weighted by atomic mass is 10.1. The number of carbonyl (C=O) groups excluding carboxylic acids is 1. The van der Waals surface area contributed by atoms with E-state index in [-0.39, 0.29) is 10.8 Å². The summed E-state index contributed by atoms with van der Waals surface area (Å²) < 4.78 is 28.0. The largest absolute Gasteiger partial charge is 0.348 e. The van der Waals surface area contributed by atoms with Gasteiger partial charge in [0.15, 0.2) is 0 Å². The zero-order chi connectivity index (χ0) is 23.3. The molecule has 0 fully saturated rings. The Morgan fingerprint density at radius 1 is 0.875 bits per heavy atom. The Morgan fingerprint density at radius 2 is 1.53 bits per heavy atom. The summed E-state index contributed by atoms with van der Waals surface area (Å²) in [5, 5.41) is 2.92. The van der Waals surface area contributed by atoms with E-state index in [4.69, 9.17) is 0 Å². The molecule has 0 atom stereocenters. The lowest BCUT2D eigenvalue weighted by molar-refractivity contribution is 0.0950. The summed E-state index contributed by atoms with van der Waals surface area (Å²) >= 11 is 0. The van der Waals surface area contributed by atoms with Crippen molar-refractivity contribution in [3.05, 3.63) is 94.5 Å². The van der Waals surface area contributed by atoms with Crippen molar-refractivity contribution < 1.29 is 13.2 Å². The smallest absolute Gasteiger partial charge is 0.261 e. The van der Waals surface area contributed by atoms with Crippen LogP contribution in [0.5, 0.6) is 0 Å². The standard InChI is InChI=1S/C25H29N3O3S/c1-18-9-12-23(15-19(18)2)27-32(30,31)24-13-10-20(11-14-24)25(29)26-16-21-7-5-6-8-22(21)17-28(3)4/h5-15,27H,16-17H2,1-4H3,(H,26,29). The third-order valence-corrected chi connectivity index (χ3v) is 6.63. The van der Waals surface area contributed by atoms with Gasteiger partial charge in [-0.15, -0.1) is 0 Å². The van der Waals surface area contributed by atoms with Crippen molar-refractivity contribution in [3.8, 4) is 0 Å². The van der Waals surface area contributed by atoms with E-state index in [1.165, 1.54) is 24.3 Å². The molecule has 3 rings (SSSR count). The van der Waals surface area contributed by atoms with Crippen molar-refractivity contribution in [1.29, 1.82) is 0 Å². The SMILES string of the molecule is Cc1ccc(NS(=O)(=O)c2ccc(C(=O)NCc3ccccc3CN(C)C)cc2)cc1C. The molecule has 0 aliphatic rings. The van der Waals surface area contributed by atoms with E-state index < -0.39 is 10.0 Å². The van der Waals surface area contributed by atoms with Crippen LogP contribution < -0.4 is 10.0 Å². The molecule has 0 spiro atoms. The van der Waals surface area contributed by atoms with E-state index in [1.807, 2.05) is 58.3 Å². The van der Waals surface area contributed by atoms with Gasteiger partial charge in [-0.3, -0.25) is 9.52 Å². The fourth-order valence-corrected chi connectivity index (χ4v) is 4.36. The molecule has 168 valence electrons. The minimum atomic E-state index is -3.74. The monoisotopic (exact) mass is 451 g/mol. The summed E-state index contributed by atoms with van der Waals surface area (Å²) in [5.41, 5.74) is 5.20. The zero-order valence-corrected chi connectivity index (χ0v) is 19.7. The quantitative estimate of drug-likeness (QED) is 0.541. The molecule has 0 unspecified atom stereocenters. The van der Waals surface area contributed by atoms with Crippen LogP contribution in [0, 0.1) is 13.8 Å². The molecule has 0 aliphatic carbocycles. The van der Waals surface area contributed by atoms with Crippen LogP contribution in [0.1, 0.15) is 32.6 Å². The van der Waals surface area contributed by atoms with E-state index in [0.29, 0.717) is 17.8 Å². The van der Waals surface area contributed by atoms with E-state index >= 15 is 0 Å². The number of sulfonamides is 1. The van der Waals surface area contributed by atoms with Crippen LogP contribution in [0.2, 0.25) is 0 Å². The van der Waals surface area contributed by atoms with Crippen molar-refractivity contribution in [2.75, 3.05) is 18.8 Å². The van der Waals surface area contributed by atoms with Crippen molar-refractivity contribution in [2.24, 2.45) is 0 Å². The second-order valence-electron chi connectivity index (χ2n) is 8.12. The van der Waals surface area contributed by atoms with Crippen LogP contribution in [0.25, 0.3) is 0 Å².